The summed E-state index contributed by atoms with van der Waals surface area (Å²) in [6.07, 6.45) is 31.8. The molecule has 0 amide bonds. The molecule has 0 aromatic heterocycles. The lowest BCUT2D eigenvalue weighted by Crippen LogP contribution is -1.99. The zero-order valence-electron chi connectivity index (χ0n) is 19.1. The fraction of sp³-hybridized carbons (Fsp3) is 0.962. The van der Waals surface area contributed by atoms with E-state index in [0.717, 1.165) is 0 Å². The van der Waals surface area contributed by atoms with E-state index in [2.05, 4.69) is 20.8 Å². The predicted octanol–water partition coefficient (Wildman–Crippen LogP) is 10.2. The van der Waals surface area contributed by atoms with Gasteiger partial charge in [0.05, 0.1) is 0 Å². The Labute approximate surface area is 168 Å². The van der Waals surface area contributed by atoms with E-state index in [-0.39, 0.29) is 0 Å². The van der Waals surface area contributed by atoms with E-state index in [9.17, 15) is 0 Å². The highest BCUT2D eigenvalue weighted by Crippen LogP contribution is 2.26. The van der Waals surface area contributed by atoms with Crippen LogP contribution in [0.3, 0.4) is 0 Å². The summed E-state index contributed by atoms with van der Waals surface area (Å²) in [7, 11) is 0. The van der Waals surface area contributed by atoms with Crippen molar-refractivity contribution in [3.8, 4) is 0 Å². The highest BCUT2D eigenvalue weighted by molar-refractivity contribution is 4.89. The molecule has 0 saturated carbocycles. The van der Waals surface area contributed by atoms with Crippen molar-refractivity contribution in [2.45, 2.75) is 162 Å². The lowest BCUT2D eigenvalue weighted by molar-refractivity contribution is 0.511. The van der Waals surface area contributed by atoms with Crippen LogP contribution in [0.15, 0.2) is 0 Å². The minimum Gasteiger partial charge on any atom is -0.0654 e. The second-order valence-corrected chi connectivity index (χ2v) is 8.66. The second kappa shape index (κ2) is 23.0. The van der Waals surface area contributed by atoms with E-state index in [4.69, 9.17) is 0 Å². The number of hydrogen-bond acceptors (Lipinski definition) is 0. The zero-order chi connectivity index (χ0) is 19.1. The average molecular weight is 366 g/mol. The van der Waals surface area contributed by atoms with Crippen LogP contribution in [0.4, 0.5) is 0 Å². The maximum absolute atomic E-state index is 2.31. The first-order valence-electron chi connectivity index (χ1n) is 12.7. The normalized spacial score (nSPS) is 11.5. The van der Waals surface area contributed by atoms with E-state index in [1.165, 1.54) is 141 Å². The molecule has 0 aliphatic carbocycles. The maximum Gasteiger partial charge on any atom is -0.0241 e. The maximum atomic E-state index is 2.31. The fourth-order valence-electron chi connectivity index (χ4n) is 4.02. The molecule has 157 valence electrons. The van der Waals surface area contributed by atoms with Crippen LogP contribution in [0, 0.1) is 5.92 Å². The molecule has 0 aliphatic rings. The summed E-state index contributed by atoms with van der Waals surface area (Å²) in [4.78, 5) is 0. The van der Waals surface area contributed by atoms with Gasteiger partial charge in [-0.15, -0.1) is 0 Å². The van der Waals surface area contributed by atoms with Crippen LogP contribution in [0.2, 0.25) is 0 Å². The molecule has 1 radical (unpaired) electrons. The van der Waals surface area contributed by atoms with Gasteiger partial charge in [-0.2, -0.15) is 0 Å². The Bertz CT molecular complexity index is 216. The summed E-state index contributed by atoms with van der Waals surface area (Å²) in [5, 5.41) is 0. The van der Waals surface area contributed by atoms with Crippen molar-refractivity contribution in [3.05, 3.63) is 5.92 Å². The van der Waals surface area contributed by atoms with Crippen LogP contribution in [-0.2, 0) is 0 Å². The van der Waals surface area contributed by atoms with Crippen molar-refractivity contribution in [2.24, 2.45) is 0 Å². The molecule has 0 aromatic carbocycles. The van der Waals surface area contributed by atoms with Gasteiger partial charge in [0, 0.05) is 0 Å². The Balaban J connectivity index is 3.77. The topological polar surface area (TPSA) is 0 Å². The standard InChI is InChI=1S/C26H53/c1-4-7-10-13-16-19-22-25-26(23-20-17-14-11-8-5-2)24-21-18-15-12-9-6-3/h4-25H2,1-3H3. The Morgan fingerprint density at radius 2 is 0.538 bits per heavy atom. The van der Waals surface area contributed by atoms with E-state index >= 15 is 0 Å². The molecule has 0 atom stereocenters. The van der Waals surface area contributed by atoms with Gasteiger partial charge in [0.15, 0.2) is 0 Å². The SMILES string of the molecule is CCCCCCCCC[C](CCCCCCCC)CCCCCCCC. The Morgan fingerprint density at radius 3 is 0.808 bits per heavy atom. The number of unbranched alkanes of at least 4 members (excludes halogenated alkanes) is 16. The molecule has 26 heavy (non-hydrogen) atoms. The third-order valence-corrected chi connectivity index (χ3v) is 5.90. The van der Waals surface area contributed by atoms with Crippen molar-refractivity contribution in [2.75, 3.05) is 0 Å². The predicted molar refractivity (Wildman–Crippen MR) is 122 cm³/mol. The molecule has 0 rings (SSSR count). The van der Waals surface area contributed by atoms with Crippen molar-refractivity contribution >= 4 is 0 Å². The third-order valence-electron chi connectivity index (χ3n) is 5.90. The van der Waals surface area contributed by atoms with Gasteiger partial charge >= 0.3 is 0 Å². The molecule has 0 heterocycles. The molecular weight excluding hydrogens is 312 g/mol. The summed E-state index contributed by atoms with van der Waals surface area (Å²) < 4.78 is 0. The Hall–Kier alpha value is 0. The summed E-state index contributed by atoms with van der Waals surface area (Å²) >= 11 is 0. The summed E-state index contributed by atoms with van der Waals surface area (Å²) in [6.45, 7) is 6.94. The zero-order valence-corrected chi connectivity index (χ0v) is 19.1. The van der Waals surface area contributed by atoms with Crippen molar-refractivity contribution in [1.29, 1.82) is 0 Å². The van der Waals surface area contributed by atoms with Gasteiger partial charge in [0.2, 0.25) is 0 Å². The lowest BCUT2D eigenvalue weighted by atomic mass is 9.89. The van der Waals surface area contributed by atoms with Crippen LogP contribution in [0.1, 0.15) is 162 Å². The van der Waals surface area contributed by atoms with Crippen molar-refractivity contribution in [1.82, 2.24) is 0 Å². The largest absolute Gasteiger partial charge is 0.0654 e. The first kappa shape index (κ1) is 26.0. The molecule has 0 aliphatic heterocycles. The highest BCUT2D eigenvalue weighted by atomic mass is 14.1. The molecule has 0 N–H and O–H groups in total. The second-order valence-electron chi connectivity index (χ2n) is 8.66. The molecule has 0 saturated heterocycles. The molecule has 0 aromatic rings. The third kappa shape index (κ3) is 20.3. The highest BCUT2D eigenvalue weighted by Gasteiger charge is 2.09. The smallest absolute Gasteiger partial charge is 0.0241 e. The molecule has 0 heteroatoms. The molecular formula is C26H53. The van der Waals surface area contributed by atoms with E-state index in [0.29, 0.717) is 0 Å². The van der Waals surface area contributed by atoms with Gasteiger partial charge in [-0.1, -0.05) is 143 Å². The van der Waals surface area contributed by atoms with E-state index in [1.54, 1.807) is 0 Å². The summed E-state index contributed by atoms with van der Waals surface area (Å²) in [6, 6.07) is 0. The minimum absolute atomic E-state index is 1.37. The van der Waals surface area contributed by atoms with Gasteiger partial charge < -0.3 is 0 Å². The van der Waals surface area contributed by atoms with E-state index < -0.39 is 0 Å². The Kier molecular flexibility index (Phi) is 23.0. The summed E-state index contributed by atoms with van der Waals surface area (Å²) in [5.41, 5.74) is 0. The van der Waals surface area contributed by atoms with E-state index in [1.807, 2.05) is 5.92 Å². The number of hydrogen-bond donors (Lipinski definition) is 0. The van der Waals surface area contributed by atoms with Gasteiger partial charge in [0.25, 0.3) is 0 Å². The fourth-order valence-corrected chi connectivity index (χ4v) is 4.02. The molecule has 0 bridgehead atoms. The lowest BCUT2D eigenvalue weighted by Gasteiger charge is -2.16. The van der Waals surface area contributed by atoms with Crippen molar-refractivity contribution < 1.29 is 0 Å². The van der Waals surface area contributed by atoms with Crippen LogP contribution in [0.25, 0.3) is 0 Å². The molecule has 0 nitrogen and oxygen atoms in total. The average Bonchev–Trinajstić information content (AvgIpc) is 2.65. The van der Waals surface area contributed by atoms with Crippen LogP contribution >= 0.6 is 0 Å². The number of rotatable bonds is 22. The van der Waals surface area contributed by atoms with Gasteiger partial charge in [-0.3, -0.25) is 0 Å². The van der Waals surface area contributed by atoms with Crippen LogP contribution in [-0.4, -0.2) is 0 Å². The monoisotopic (exact) mass is 365 g/mol. The summed E-state index contributed by atoms with van der Waals surface area (Å²) in [5.74, 6) is 1.92. The van der Waals surface area contributed by atoms with Crippen LogP contribution in [0.5, 0.6) is 0 Å². The van der Waals surface area contributed by atoms with Gasteiger partial charge in [0.1, 0.15) is 0 Å². The van der Waals surface area contributed by atoms with Gasteiger partial charge in [-0.25, -0.2) is 0 Å². The van der Waals surface area contributed by atoms with Crippen molar-refractivity contribution in [3.63, 3.8) is 0 Å². The van der Waals surface area contributed by atoms with Crippen LogP contribution < -0.4 is 0 Å². The minimum atomic E-state index is 1.37. The molecule has 0 unspecified atom stereocenters. The first-order chi connectivity index (χ1) is 12.8. The Morgan fingerprint density at radius 1 is 0.308 bits per heavy atom. The van der Waals surface area contributed by atoms with Gasteiger partial charge in [-0.05, 0) is 25.2 Å². The molecule has 0 spiro atoms. The quantitative estimate of drug-likeness (QED) is 0.167. The first-order valence-corrected chi connectivity index (χ1v) is 12.7. The molecule has 0 fully saturated rings.